The summed E-state index contributed by atoms with van der Waals surface area (Å²) in [7, 11) is 0. The van der Waals surface area contributed by atoms with E-state index in [2.05, 4.69) is 50.2 Å². The normalized spacial score (nSPS) is 12.0. The van der Waals surface area contributed by atoms with Crippen molar-refractivity contribution in [1.29, 1.82) is 0 Å². The van der Waals surface area contributed by atoms with Crippen molar-refractivity contribution < 1.29 is 4.74 Å². The number of hydrogen-bond acceptors (Lipinski definition) is 2. The Bertz CT molecular complexity index is 566. The Labute approximate surface area is 136 Å². The number of benzene rings is 2. The molecule has 4 heteroatoms. The first kappa shape index (κ1) is 15.4. The Kier molecular flexibility index (Phi) is 5.49. The van der Waals surface area contributed by atoms with E-state index in [0.717, 1.165) is 25.9 Å². The molecule has 0 heterocycles. The minimum Gasteiger partial charge on any atom is -0.494 e. The molecule has 2 aromatic carbocycles. The molecule has 0 aliphatic rings. The Hall–Kier alpha value is -1.000. The molecule has 0 spiro atoms. The summed E-state index contributed by atoms with van der Waals surface area (Å²) in [5.41, 5.74) is 2.20. The van der Waals surface area contributed by atoms with Crippen LogP contribution in [-0.4, -0.2) is 6.61 Å². The first-order valence-electron chi connectivity index (χ1n) is 6.55. The van der Waals surface area contributed by atoms with Gasteiger partial charge in [-0.3, -0.25) is 0 Å². The Balaban J connectivity index is 2.26. The van der Waals surface area contributed by atoms with Crippen LogP contribution in [-0.2, 0) is 0 Å². The second-order valence-corrected chi connectivity index (χ2v) is 6.14. The topological polar surface area (TPSA) is 21.3 Å². The predicted octanol–water partition coefficient (Wildman–Crippen LogP) is 5.78. The molecule has 0 saturated heterocycles. The third-order valence-corrected chi connectivity index (χ3v) is 4.33. The van der Waals surface area contributed by atoms with E-state index >= 15 is 0 Å². The number of halogens is 2. The maximum absolute atomic E-state index is 5.69. The summed E-state index contributed by atoms with van der Waals surface area (Å²) in [6.07, 6.45) is 0. The maximum Gasteiger partial charge on any atom is 0.124 e. The van der Waals surface area contributed by atoms with Gasteiger partial charge in [-0.1, -0.05) is 24.3 Å². The molecule has 106 valence electrons. The number of nitrogens with one attached hydrogen (secondary N) is 1. The lowest BCUT2D eigenvalue weighted by atomic mass is 10.1. The molecule has 0 saturated carbocycles. The van der Waals surface area contributed by atoms with Crippen LogP contribution in [0.3, 0.4) is 0 Å². The van der Waals surface area contributed by atoms with Crippen LogP contribution in [0.2, 0.25) is 0 Å². The molecule has 1 N–H and O–H groups in total. The predicted molar refractivity (Wildman–Crippen MR) is 91.5 cm³/mol. The monoisotopic (exact) mass is 397 g/mol. The fourth-order valence-electron chi connectivity index (χ4n) is 2.06. The number of anilines is 1. The van der Waals surface area contributed by atoms with E-state index in [1.807, 2.05) is 43.3 Å². The van der Waals surface area contributed by atoms with E-state index in [0.29, 0.717) is 6.61 Å². The molecule has 20 heavy (non-hydrogen) atoms. The smallest absolute Gasteiger partial charge is 0.124 e. The van der Waals surface area contributed by atoms with E-state index in [9.17, 15) is 0 Å². The SMILES string of the molecule is CCOc1ccccc1C(C)Nc1c(Br)cccc1Br. The van der Waals surface area contributed by atoms with Gasteiger partial charge in [-0.2, -0.15) is 0 Å². The van der Waals surface area contributed by atoms with Crippen LogP contribution in [0.15, 0.2) is 51.4 Å². The van der Waals surface area contributed by atoms with Gasteiger partial charge in [0.25, 0.3) is 0 Å². The van der Waals surface area contributed by atoms with Crippen molar-refractivity contribution in [2.75, 3.05) is 11.9 Å². The third kappa shape index (κ3) is 3.55. The van der Waals surface area contributed by atoms with Gasteiger partial charge < -0.3 is 10.1 Å². The van der Waals surface area contributed by atoms with E-state index in [-0.39, 0.29) is 6.04 Å². The lowest BCUT2D eigenvalue weighted by molar-refractivity contribution is 0.335. The van der Waals surface area contributed by atoms with Crippen LogP contribution in [0.25, 0.3) is 0 Å². The Morgan fingerprint density at radius 1 is 1.05 bits per heavy atom. The molecule has 0 bridgehead atoms. The van der Waals surface area contributed by atoms with Crippen molar-refractivity contribution in [2.24, 2.45) is 0 Å². The zero-order valence-electron chi connectivity index (χ0n) is 11.5. The first-order valence-corrected chi connectivity index (χ1v) is 8.14. The maximum atomic E-state index is 5.69. The summed E-state index contributed by atoms with van der Waals surface area (Å²) >= 11 is 7.15. The van der Waals surface area contributed by atoms with Crippen LogP contribution in [0.5, 0.6) is 5.75 Å². The van der Waals surface area contributed by atoms with Crippen molar-refractivity contribution >= 4 is 37.5 Å². The molecule has 2 aromatic rings. The van der Waals surface area contributed by atoms with E-state index in [1.54, 1.807) is 0 Å². The molecule has 2 nitrogen and oxygen atoms in total. The molecule has 0 radical (unpaired) electrons. The fourth-order valence-corrected chi connectivity index (χ4v) is 3.28. The van der Waals surface area contributed by atoms with Gasteiger partial charge in [-0.15, -0.1) is 0 Å². The van der Waals surface area contributed by atoms with Crippen molar-refractivity contribution in [3.8, 4) is 5.75 Å². The van der Waals surface area contributed by atoms with E-state index in [4.69, 9.17) is 4.74 Å². The van der Waals surface area contributed by atoms with Crippen LogP contribution in [0.4, 0.5) is 5.69 Å². The second kappa shape index (κ2) is 7.14. The van der Waals surface area contributed by atoms with Crippen molar-refractivity contribution in [2.45, 2.75) is 19.9 Å². The summed E-state index contributed by atoms with van der Waals surface area (Å²) in [6, 6.07) is 14.3. The van der Waals surface area contributed by atoms with Crippen molar-refractivity contribution in [1.82, 2.24) is 0 Å². The average molecular weight is 399 g/mol. The van der Waals surface area contributed by atoms with Gasteiger partial charge in [-0.25, -0.2) is 0 Å². The van der Waals surface area contributed by atoms with Crippen LogP contribution >= 0.6 is 31.9 Å². The number of ether oxygens (including phenoxy) is 1. The fraction of sp³-hybridized carbons (Fsp3) is 0.250. The van der Waals surface area contributed by atoms with Gasteiger partial charge in [0, 0.05) is 14.5 Å². The quantitative estimate of drug-likeness (QED) is 0.688. The van der Waals surface area contributed by atoms with Gasteiger partial charge in [0.15, 0.2) is 0 Å². The van der Waals surface area contributed by atoms with Crippen LogP contribution in [0.1, 0.15) is 25.5 Å². The third-order valence-electron chi connectivity index (χ3n) is 3.01. The van der Waals surface area contributed by atoms with Gasteiger partial charge in [0.2, 0.25) is 0 Å². The lowest BCUT2D eigenvalue weighted by Crippen LogP contribution is -2.09. The Morgan fingerprint density at radius 3 is 2.35 bits per heavy atom. The van der Waals surface area contributed by atoms with Gasteiger partial charge in [0.05, 0.1) is 18.3 Å². The molecule has 1 unspecified atom stereocenters. The first-order chi connectivity index (χ1) is 9.63. The van der Waals surface area contributed by atoms with Gasteiger partial charge in [-0.05, 0) is 63.9 Å². The standard InChI is InChI=1S/C16H17Br2NO/c1-3-20-15-10-5-4-7-12(15)11(2)19-16-13(17)8-6-9-14(16)18/h4-11,19H,3H2,1-2H3. The summed E-state index contributed by atoms with van der Waals surface area (Å²) in [5.74, 6) is 0.929. The second-order valence-electron chi connectivity index (χ2n) is 4.43. The zero-order chi connectivity index (χ0) is 14.5. The molecule has 1 atom stereocenters. The van der Waals surface area contributed by atoms with E-state index < -0.39 is 0 Å². The zero-order valence-corrected chi connectivity index (χ0v) is 14.7. The molecule has 0 amide bonds. The minimum atomic E-state index is 0.146. The number of para-hydroxylation sites is 2. The molecule has 0 aliphatic heterocycles. The minimum absolute atomic E-state index is 0.146. The van der Waals surface area contributed by atoms with Crippen molar-refractivity contribution in [3.63, 3.8) is 0 Å². The van der Waals surface area contributed by atoms with Gasteiger partial charge in [0.1, 0.15) is 5.75 Å². The highest BCUT2D eigenvalue weighted by Gasteiger charge is 2.13. The molecule has 0 aromatic heterocycles. The molecular weight excluding hydrogens is 382 g/mol. The number of hydrogen-bond donors (Lipinski definition) is 1. The summed E-state index contributed by atoms with van der Waals surface area (Å²) < 4.78 is 7.76. The van der Waals surface area contributed by atoms with Crippen molar-refractivity contribution in [3.05, 3.63) is 57.0 Å². The van der Waals surface area contributed by atoms with Gasteiger partial charge >= 0.3 is 0 Å². The lowest BCUT2D eigenvalue weighted by Gasteiger charge is -2.20. The summed E-state index contributed by atoms with van der Waals surface area (Å²) in [5, 5.41) is 3.52. The highest BCUT2D eigenvalue weighted by atomic mass is 79.9. The molecule has 0 aliphatic carbocycles. The highest BCUT2D eigenvalue weighted by molar-refractivity contribution is 9.11. The largest absolute Gasteiger partial charge is 0.494 e. The molecular formula is C16H17Br2NO. The average Bonchev–Trinajstić information content (AvgIpc) is 2.44. The van der Waals surface area contributed by atoms with E-state index in [1.165, 1.54) is 0 Å². The van der Waals surface area contributed by atoms with Crippen LogP contribution < -0.4 is 10.1 Å². The highest BCUT2D eigenvalue weighted by Crippen LogP contribution is 2.35. The summed E-state index contributed by atoms with van der Waals surface area (Å²) in [6.45, 7) is 4.80. The van der Waals surface area contributed by atoms with Crippen LogP contribution in [0, 0.1) is 0 Å². The number of rotatable bonds is 5. The molecule has 2 rings (SSSR count). The summed E-state index contributed by atoms with van der Waals surface area (Å²) in [4.78, 5) is 0. The Morgan fingerprint density at radius 2 is 1.70 bits per heavy atom. The molecule has 0 fully saturated rings.